The summed E-state index contributed by atoms with van der Waals surface area (Å²) >= 11 is 0. The first-order valence-corrected chi connectivity index (χ1v) is 7.34. The molecule has 2 heterocycles. The standard InChI is InChI=1S/C14H27N3O2/c1-14(2,3)19-13(18)17-9-11(15)12(10-17)16-7-5-4-6-8-16/h11-12H,4-10,15H2,1-3H3/t11-,12-/m0/s1. The third-order valence-corrected chi connectivity index (χ3v) is 3.84. The Kier molecular flexibility index (Phi) is 4.36. The van der Waals surface area contributed by atoms with Gasteiger partial charge in [0.05, 0.1) is 0 Å². The Labute approximate surface area is 116 Å². The molecule has 5 nitrogen and oxygen atoms in total. The van der Waals surface area contributed by atoms with Crippen LogP contribution in [-0.4, -0.2) is 59.8 Å². The molecule has 0 bridgehead atoms. The van der Waals surface area contributed by atoms with Gasteiger partial charge in [-0.25, -0.2) is 4.79 Å². The number of carbonyl (C=O) groups is 1. The highest BCUT2D eigenvalue weighted by Crippen LogP contribution is 2.21. The monoisotopic (exact) mass is 269 g/mol. The Hall–Kier alpha value is -0.810. The van der Waals surface area contributed by atoms with Crippen LogP contribution >= 0.6 is 0 Å². The van der Waals surface area contributed by atoms with Gasteiger partial charge in [0.25, 0.3) is 0 Å². The fourth-order valence-corrected chi connectivity index (χ4v) is 2.92. The number of ether oxygens (including phenoxy) is 1. The number of likely N-dealkylation sites (tertiary alicyclic amines) is 2. The summed E-state index contributed by atoms with van der Waals surface area (Å²) < 4.78 is 5.42. The Bertz CT molecular complexity index is 321. The molecule has 2 saturated heterocycles. The highest BCUT2D eigenvalue weighted by atomic mass is 16.6. The molecule has 0 spiro atoms. The van der Waals surface area contributed by atoms with Gasteiger partial charge in [0, 0.05) is 25.2 Å². The predicted octanol–water partition coefficient (Wildman–Crippen LogP) is 1.42. The molecule has 2 atom stereocenters. The second-order valence-electron chi connectivity index (χ2n) is 6.71. The zero-order chi connectivity index (χ0) is 14.0. The molecule has 110 valence electrons. The molecule has 0 radical (unpaired) electrons. The number of nitrogens with two attached hydrogens (primary N) is 1. The minimum Gasteiger partial charge on any atom is -0.444 e. The van der Waals surface area contributed by atoms with Crippen LogP contribution in [0.3, 0.4) is 0 Å². The lowest BCUT2D eigenvalue weighted by molar-refractivity contribution is 0.0276. The maximum Gasteiger partial charge on any atom is 0.410 e. The Balaban J connectivity index is 1.91. The molecule has 0 unspecified atom stereocenters. The minimum atomic E-state index is -0.440. The Morgan fingerprint density at radius 1 is 1.16 bits per heavy atom. The van der Waals surface area contributed by atoms with Gasteiger partial charge in [-0.05, 0) is 46.7 Å². The van der Waals surface area contributed by atoms with Crippen molar-refractivity contribution in [3.63, 3.8) is 0 Å². The van der Waals surface area contributed by atoms with E-state index in [-0.39, 0.29) is 12.1 Å². The van der Waals surface area contributed by atoms with Crippen molar-refractivity contribution in [1.29, 1.82) is 0 Å². The number of piperidine rings is 1. The van der Waals surface area contributed by atoms with Gasteiger partial charge in [0.1, 0.15) is 5.60 Å². The van der Waals surface area contributed by atoms with Crippen molar-refractivity contribution in [2.24, 2.45) is 5.73 Å². The van der Waals surface area contributed by atoms with Crippen molar-refractivity contribution in [3.05, 3.63) is 0 Å². The summed E-state index contributed by atoms with van der Waals surface area (Å²) in [6.45, 7) is 9.21. The molecule has 2 aliphatic heterocycles. The third-order valence-electron chi connectivity index (χ3n) is 3.84. The predicted molar refractivity (Wildman–Crippen MR) is 75.0 cm³/mol. The number of hydrogen-bond acceptors (Lipinski definition) is 4. The van der Waals surface area contributed by atoms with Gasteiger partial charge in [0.2, 0.25) is 0 Å². The average Bonchev–Trinajstić information content (AvgIpc) is 2.70. The zero-order valence-corrected chi connectivity index (χ0v) is 12.4. The van der Waals surface area contributed by atoms with Gasteiger partial charge in [-0.15, -0.1) is 0 Å². The molecular formula is C14H27N3O2. The van der Waals surface area contributed by atoms with E-state index >= 15 is 0 Å². The van der Waals surface area contributed by atoms with Gasteiger partial charge in [-0.3, -0.25) is 4.90 Å². The van der Waals surface area contributed by atoms with Crippen molar-refractivity contribution >= 4 is 6.09 Å². The SMILES string of the molecule is CC(C)(C)OC(=O)N1C[C@H](N)[C@@H](N2CCCCC2)C1. The van der Waals surface area contributed by atoms with Crippen LogP contribution < -0.4 is 5.73 Å². The van der Waals surface area contributed by atoms with Gasteiger partial charge in [-0.1, -0.05) is 6.42 Å². The van der Waals surface area contributed by atoms with Gasteiger partial charge < -0.3 is 15.4 Å². The molecule has 0 aliphatic carbocycles. The maximum atomic E-state index is 12.1. The molecule has 5 heteroatoms. The molecule has 2 N–H and O–H groups in total. The topological polar surface area (TPSA) is 58.8 Å². The van der Waals surface area contributed by atoms with E-state index in [2.05, 4.69) is 4.90 Å². The first-order valence-electron chi connectivity index (χ1n) is 7.34. The van der Waals surface area contributed by atoms with Crippen molar-refractivity contribution < 1.29 is 9.53 Å². The van der Waals surface area contributed by atoms with E-state index in [9.17, 15) is 4.79 Å². The highest BCUT2D eigenvalue weighted by Gasteiger charge is 2.38. The molecular weight excluding hydrogens is 242 g/mol. The van der Waals surface area contributed by atoms with Crippen LogP contribution in [0.15, 0.2) is 0 Å². The molecule has 0 aromatic heterocycles. The van der Waals surface area contributed by atoms with E-state index in [0.29, 0.717) is 19.1 Å². The number of carbonyl (C=O) groups excluding carboxylic acids is 1. The first kappa shape index (κ1) is 14.6. The molecule has 2 rings (SSSR count). The molecule has 0 aromatic rings. The van der Waals surface area contributed by atoms with E-state index in [0.717, 1.165) is 13.1 Å². The van der Waals surface area contributed by atoms with E-state index < -0.39 is 5.60 Å². The molecule has 0 aromatic carbocycles. The smallest absolute Gasteiger partial charge is 0.410 e. The maximum absolute atomic E-state index is 12.1. The molecule has 2 fully saturated rings. The summed E-state index contributed by atoms with van der Waals surface area (Å²) in [5.41, 5.74) is 5.77. The Morgan fingerprint density at radius 3 is 2.37 bits per heavy atom. The van der Waals surface area contributed by atoms with Gasteiger partial charge in [-0.2, -0.15) is 0 Å². The summed E-state index contributed by atoms with van der Waals surface area (Å²) in [5.74, 6) is 0. The summed E-state index contributed by atoms with van der Waals surface area (Å²) in [4.78, 5) is 16.3. The van der Waals surface area contributed by atoms with Crippen LogP contribution in [0.4, 0.5) is 4.79 Å². The quantitative estimate of drug-likeness (QED) is 0.782. The van der Waals surface area contributed by atoms with Crippen molar-refractivity contribution in [3.8, 4) is 0 Å². The molecule has 0 saturated carbocycles. The normalized spacial score (nSPS) is 29.6. The number of rotatable bonds is 1. The van der Waals surface area contributed by atoms with Crippen LogP contribution in [0.5, 0.6) is 0 Å². The van der Waals surface area contributed by atoms with Crippen LogP contribution in [0.25, 0.3) is 0 Å². The Morgan fingerprint density at radius 2 is 1.79 bits per heavy atom. The van der Waals surface area contributed by atoms with Crippen LogP contribution in [0.1, 0.15) is 40.0 Å². The van der Waals surface area contributed by atoms with E-state index in [1.54, 1.807) is 4.90 Å². The van der Waals surface area contributed by atoms with Crippen LogP contribution in [0.2, 0.25) is 0 Å². The lowest BCUT2D eigenvalue weighted by atomic mass is 10.1. The molecule has 2 aliphatic rings. The number of amides is 1. The van der Waals surface area contributed by atoms with Gasteiger partial charge >= 0.3 is 6.09 Å². The number of hydrogen-bond donors (Lipinski definition) is 1. The second kappa shape index (κ2) is 5.67. The summed E-state index contributed by atoms with van der Waals surface area (Å²) in [6.07, 6.45) is 3.57. The van der Waals surface area contributed by atoms with E-state index in [1.807, 2.05) is 20.8 Å². The average molecular weight is 269 g/mol. The van der Waals surface area contributed by atoms with Crippen molar-refractivity contribution in [2.45, 2.75) is 57.7 Å². The summed E-state index contributed by atoms with van der Waals surface area (Å²) in [6, 6.07) is 0.346. The largest absolute Gasteiger partial charge is 0.444 e. The fourth-order valence-electron chi connectivity index (χ4n) is 2.92. The van der Waals surface area contributed by atoms with Crippen molar-refractivity contribution in [1.82, 2.24) is 9.80 Å². The second-order valence-corrected chi connectivity index (χ2v) is 6.71. The lowest BCUT2D eigenvalue weighted by Crippen LogP contribution is -2.49. The fraction of sp³-hybridized carbons (Fsp3) is 0.929. The van der Waals surface area contributed by atoms with Gasteiger partial charge in [0.15, 0.2) is 0 Å². The highest BCUT2D eigenvalue weighted by molar-refractivity contribution is 5.68. The van der Waals surface area contributed by atoms with Crippen LogP contribution in [0, 0.1) is 0 Å². The third kappa shape index (κ3) is 3.83. The van der Waals surface area contributed by atoms with E-state index in [4.69, 9.17) is 10.5 Å². The lowest BCUT2D eigenvalue weighted by Gasteiger charge is -2.33. The zero-order valence-electron chi connectivity index (χ0n) is 12.4. The molecule has 19 heavy (non-hydrogen) atoms. The molecule has 1 amide bonds. The van der Waals surface area contributed by atoms with Crippen LogP contribution in [-0.2, 0) is 4.74 Å². The van der Waals surface area contributed by atoms with E-state index in [1.165, 1.54) is 19.3 Å². The van der Waals surface area contributed by atoms with Crippen molar-refractivity contribution in [2.75, 3.05) is 26.2 Å². The summed E-state index contributed by atoms with van der Waals surface area (Å²) in [7, 11) is 0. The first-order chi connectivity index (χ1) is 8.87. The minimum absolute atomic E-state index is 0.0469. The summed E-state index contributed by atoms with van der Waals surface area (Å²) in [5, 5.41) is 0. The number of nitrogens with zero attached hydrogens (tertiary/aromatic N) is 2.